The second-order valence-corrected chi connectivity index (χ2v) is 8.75. The maximum Gasteiger partial charge on any atom is 0.326 e. The number of amides is 3. The molecule has 0 spiro atoms. The quantitative estimate of drug-likeness (QED) is 0.106. The summed E-state index contributed by atoms with van der Waals surface area (Å²) in [5, 5.41) is 35.8. The molecule has 0 radical (unpaired) electrons. The first-order valence-corrected chi connectivity index (χ1v) is 12.1. The summed E-state index contributed by atoms with van der Waals surface area (Å²) in [6.07, 6.45) is 4.02. The van der Waals surface area contributed by atoms with Crippen LogP contribution in [0.15, 0.2) is 36.8 Å². The number of carbonyl (C=O) groups is 4. The fraction of sp³-hybridized carbons (Fsp3) is 0.458. The minimum atomic E-state index is -1.32. The SMILES string of the molecule is NCCCCC(NC(=O)C(N)CO)C(=O)NC(Cc1cnc[nH]1)C(=O)NC(Cc1ccc(O)cc1)C(=O)O. The van der Waals surface area contributed by atoms with Crippen molar-refractivity contribution in [2.75, 3.05) is 13.2 Å². The van der Waals surface area contributed by atoms with Crippen molar-refractivity contribution in [3.05, 3.63) is 48.0 Å². The highest BCUT2D eigenvalue weighted by Crippen LogP contribution is 2.12. The third-order valence-electron chi connectivity index (χ3n) is 5.72. The number of rotatable bonds is 16. The Labute approximate surface area is 219 Å². The lowest BCUT2D eigenvalue weighted by Gasteiger charge is -2.25. The lowest BCUT2D eigenvalue weighted by molar-refractivity contribution is -0.142. The topological polar surface area (TPSA) is 246 Å². The van der Waals surface area contributed by atoms with Gasteiger partial charge in [0.05, 0.1) is 12.9 Å². The van der Waals surface area contributed by atoms with Crippen LogP contribution in [0.1, 0.15) is 30.5 Å². The molecule has 1 aromatic carbocycles. The lowest BCUT2D eigenvalue weighted by atomic mass is 10.0. The van der Waals surface area contributed by atoms with E-state index in [1.165, 1.54) is 36.8 Å². The number of carbonyl (C=O) groups excluding carboxylic acids is 3. The molecule has 3 amide bonds. The number of aromatic amines is 1. The molecule has 4 atom stereocenters. The molecular weight excluding hydrogens is 498 g/mol. The number of aromatic hydroxyl groups is 1. The van der Waals surface area contributed by atoms with E-state index in [2.05, 4.69) is 25.9 Å². The second-order valence-electron chi connectivity index (χ2n) is 8.75. The summed E-state index contributed by atoms with van der Waals surface area (Å²) in [7, 11) is 0. The van der Waals surface area contributed by atoms with Crippen LogP contribution in [0.5, 0.6) is 5.75 Å². The van der Waals surface area contributed by atoms with E-state index in [0.29, 0.717) is 30.6 Å². The third-order valence-corrected chi connectivity index (χ3v) is 5.72. The monoisotopic (exact) mass is 533 g/mol. The molecule has 11 N–H and O–H groups in total. The number of hydrogen-bond donors (Lipinski definition) is 9. The number of H-pyrrole nitrogens is 1. The van der Waals surface area contributed by atoms with Crippen LogP contribution in [-0.4, -0.2) is 86.3 Å². The number of benzene rings is 1. The number of carboxylic acid groups (broad SMARTS) is 1. The predicted molar refractivity (Wildman–Crippen MR) is 135 cm³/mol. The lowest BCUT2D eigenvalue weighted by Crippen LogP contribution is -2.58. The van der Waals surface area contributed by atoms with Crippen LogP contribution in [0.3, 0.4) is 0 Å². The number of aliphatic hydroxyl groups is 1. The molecule has 1 heterocycles. The second kappa shape index (κ2) is 15.3. The van der Waals surface area contributed by atoms with Crippen molar-refractivity contribution in [1.82, 2.24) is 25.9 Å². The van der Waals surface area contributed by atoms with Gasteiger partial charge in [0.25, 0.3) is 0 Å². The zero-order valence-corrected chi connectivity index (χ0v) is 20.8. The predicted octanol–water partition coefficient (Wildman–Crippen LogP) is -2.11. The zero-order valence-electron chi connectivity index (χ0n) is 20.8. The number of unbranched alkanes of at least 4 members (excludes halogenated alkanes) is 1. The number of aliphatic hydroxyl groups excluding tert-OH is 1. The summed E-state index contributed by atoms with van der Waals surface area (Å²) in [5.41, 5.74) is 12.1. The number of nitrogens with zero attached hydrogens (tertiary/aromatic N) is 1. The first-order chi connectivity index (χ1) is 18.1. The first kappa shape index (κ1) is 30.2. The van der Waals surface area contributed by atoms with E-state index in [-0.39, 0.29) is 25.0 Å². The van der Waals surface area contributed by atoms with Gasteiger partial charge in [-0.3, -0.25) is 14.4 Å². The van der Waals surface area contributed by atoms with Gasteiger partial charge >= 0.3 is 5.97 Å². The summed E-state index contributed by atoms with van der Waals surface area (Å²) in [6, 6.07) is 1.02. The van der Waals surface area contributed by atoms with E-state index >= 15 is 0 Å². The summed E-state index contributed by atoms with van der Waals surface area (Å²) >= 11 is 0. The molecule has 0 saturated carbocycles. The summed E-state index contributed by atoms with van der Waals surface area (Å²) in [5.74, 6) is -3.47. The van der Waals surface area contributed by atoms with Gasteiger partial charge in [-0.2, -0.15) is 0 Å². The number of hydrogen-bond acceptors (Lipinski definition) is 9. The molecule has 14 nitrogen and oxygen atoms in total. The molecular formula is C24H35N7O7. The Balaban J connectivity index is 2.20. The number of aliphatic carboxylic acids is 1. The number of nitrogens with two attached hydrogens (primary N) is 2. The molecule has 1 aromatic heterocycles. The van der Waals surface area contributed by atoms with E-state index in [4.69, 9.17) is 16.6 Å². The standard InChI is InChI=1S/C24H35N7O7/c25-8-2-1-3-18(29-21(34)17(26)12-32)22(35)30-19(10-15-11-27-13-28-15)23(36)31-20(24(37)38)9-14-4-6-16(33)7-5-14/h4-7,11,13,17-20,32-33H,1-3,8-10,12,25-26H2,(H,27,28)(H,29,34)(H,30,35)(H,31,36)(H,37,38). The van der Waals surface area contributed by atoms with Gasteiger partial charge in [-0.25, -0.2) is 9.78 Å². The molecule has 2 aromatic rings. The number of phenolic OH excluding ortho intramolecular Hbond substituents is 1. The average Bonchev–Trinajstić information content (AvgIpc) is 3.41. The van der Waals surface area contributed by atoms with Crippen LogP contribution in [0.4, 0.5) is 0 Å². The number of imidazole rings is 1. The Morgan fingerprint density at radius 1 is 0.921 bits per heavy atom. The van der Waals surface area contributed by atoms with Gasteiger partial charge in [-0.05, 0) is 43.5 Å². The van der Waals surface area contributed by atoms with Crippen molar-refractivity contribution in [2.45, 2.75) is 56.3 Å². The van der Waals surface area contributed by atoms with Crippen LogP contribution in [0.2, 0.25) is 0 Å². The smallest absolute Gasteiger partial charge is 0.326 e. The fourth-order valence-corrected chi connectivity index (χ4v) is 3.56. The average molecular weight is 534 g/mol. The van der Waals surface area contributed by atoms with Gasteiger partial charge in [0.2, 0.25) is 17.7 Å². The molecule has 2 rings (SSSR count). The maximum atomic E-state index is 13.2. The van der Waals surface area contributed by atoms with E-state index in [1.807, 2.05) is 0 Å². The zero-order chi connectivity index (χ0) is 28.1. The molecule has 0 bridgehead atoms. The van der Waals surface area contributed by atoms with Crippen LogP contribution in [0.25, 0.3) is 0 Å². The molecule has 0 aliphatic rings. The Morgan fingerprint density at radius 2 is 1.55 bits per heavy atom. The van der Waals surface area contributed by atoms with Crippen molar-refractivity contribution in [2.24, 2.45) is 11.5 Å². The van der Waals surface area contributed by atoms with Crippen LogP contribution >= 0.6 is 0 Å². The molecule has 0 fully saturated rings. The van der Waals surface area contributed by atoms with Crippen molar-refractivity contribution < 1.29 is 34.5 Å². The molecule has 38 heavy (non-hydrogen) atoms. The fourth-order valence-electron chi connectivity index (χ4n) is 3.56. The summed E-state index contributed by atoms with van der Waals surface area (Å²) in [4.78, 5) is 57.2. The molecule has 0 aliphatic heterocycles. The van der Waals surface area contributed by atoms with Gasteiger partial charge in [-0.1, -0.05) is 12.1 Å². The van der Waals surface area contributed by atoms with Crippen LogP contribution in [0, 0.1) is 0 Å². The Kier molecular flexibility index (Phi) is 12.2. The first-order valence-electron chi connectivity index (χ1n) is 12.1. The van der Waals surface area contributed by atoms with E-state index < -0.39 is 54.5 Å². The molecule has 14 heteroatoms. The van der Waals surface area contributed by atoms with Gasteiger partial charge in [0.1, 0.15) is 29.9 Å². The van der Waals surface area contributed by atoms with Crippen molar-refractivity contribution in [3.8, 4) is 5.75 Å². The summed E-state index contributed by atoms with van der Waals surface area (Å²) < 4.78 is 0. The van der Waals surface area contributed by atoms with Crippen LogP contribution in [-0.2, 0) is 32.0 Å². The van der Waals surface area contributed by atoms with Crippen molar-refractivity contribution >= 4 is 23.7 Å². The third kappa shape index (κ3) is 9.80. The van der Waals surface area contributed by atoms with Gasteiger partial charge < -0.3 is 47.7 Å². The molecule has 0 saturated heterocycles. The minimum Gasteiger partial charge on any atom is -0.508 e. The van der Waals surface area contributed by atoms with Gasteiger partial charge in [0, 0.05) is 24.7 Å². The van der Waals surface area contributed by atoms with E-state index in [1.54, 1.807) is 0 Å². The highest BCUT2D eigenvalue weighted by molar-refractivity contribution is 5.94. The molecule has 0 aliphatic carbocycles. The number of phenols is 1. The minimum absolute atomic E-state index is 0.0139. The number of carboxylic acids is 1. The van der Waals surface area contributed by atoms with Gasteiger partial charge in [-0.15, -0.1) is 0 Å². The highest BCUT2D eigenvalue weighted by Gasteiger charge is 2.30. The molecule has 4 unspecified atom stereocenters. The number of nitrogens with one attached hydrogen (secondary N) is 4. The Morgan fingerprint density at radius 3 is 2.13 bits per heavy atom. The number of aromatic nitrogens is 2. The largest absolute Gasteiger partial charge is 0.508 e. The highest BCUT2D eigenvalue weighted by atomic mass is 16.4. The van der Waals surface area contributed by atoms with Crippen molar-refractivity contribution in [3.63, 3.8) is 0 Å². The normalized spacial score (nSPS) is 14.1. The molecule has 208 valence electrons. The van der Waals surface area contributed by atoms with E-state index in [9.17, 15) is 29.4 Å². The summed E-state index contributed by atoms with van der Waals surface area (Å²) in [6.45, 7) is -0.244. The van der Waals surface area contributed by atoms with Gasteiger partial charge in [0.15, 0.2) is 0 Å². The maximum absolute atomic E-state index is 13.2. The van der Waals surface area contributed by atoms with Crippen molar-refractivity contribution in [1.29, 1.82) is 0 Å². The Hall–Kier alpha value is -4.01. The Bertz CT molecular complexity index is 1050. The van der Waals surface area contributed by atoms with Crippen LogP contribution < -0.4 is 27.4 Å². The van der Waals surface area contributed by atoms with E-state index in [0.717, 1.165) is 0 Å².